The van der Waals surface area contributed by atoms with Crippen molar-refractivity contribution in [3.05, 3.63) is 64.8 Å². The maximum Gasteiger partial charge on any atom is 0.410 e. The van der Waals surface area contributed by atoms with Gasteiger partial charge in [-0.05, 0) is 63.6 Å². The monoisotopic (exact) mass is 715 g/mol. The highest BCUT2D eigenvalue weighted by Gasteiger charge is 2.35. The van der Waals surface area contributed by atoms with Crippen molar-refractivity contribution < 1.29 is 19.1 Å². The van der Waals surface area contributed by atoms with Crippen LogP contribution in [0.1, 0.15) is 51.3 Å². The van der Waals surface area contributed by atoms with Crippen LogP contribution in [0.15, 0.2) is 53.5 Å². The van der Waals surface area contributed by atoms with Crippen molar-refractivity contribution in [2.75, 3.05) is 49.1 Å². The number of nitriles is 1. The number of rotatable bonds is 7. The van der Waals surface area contributed by atoms with E-state index in [9.17, 15) is 14.9 Å². The van der Waals surface area contributed by atoms with Crippen LogP contribution in [0.5, 0.6) is 6.01 Å². The third kappa shape index (κ3) is 7.06. The smallest absolute Gasteiger partial charge is 0.410 e. The Hall–Kier alpha value is -4.37. The number of fused-ring (bicyclic) bond motifs is 2. The molecule has 48 heavy (non-hydrogen) atoms. The number of anilines is 2. The summed E-state index contributed by atoms with van der Waals surface area (Å²) >= 11 is 3.77. The molecule has 0 unspecified atom stereocenters. The van der Waals surface area contributed by atoms with Crippen LogP contribution in [-0.4, -0.2) is 88.8 Å². The van der Waals surface area contributed by atoms with E-state index in [1.165, 1.54) is 6.08 Å². The van der Waals surface area contributed by atoms with Gasteiger partial charge in [0.05, 0.1) is 36.8 Å². The average Bonchev–Trinajstić information content (AvgIpc) is 3.55. The number of benzene rings is 2. The molecule has 11 nitrogen and oxygen atoms in total. The van der Waals surface area contributed by atoms with Crippen molar-refractivity contribution in [3.8, 4) is 12.1 Å². The molecule has 2 amide bonds. The van der Waals surface area contributed by atoms with Gasteiger partial charge in [0.25, 0.3) is 0 Å². The van der Waals surface area contributed by atoms with Gasteiger partial charge in [0.2, 0.25) is 5.91 Å². The first-order valence-corrected chi connectivity index (χ1v) is 17.3. The largest absolute Gasteiger partial charge is 0.461 e. The number of carbonyl (C=O) groups excluding carboxylic acids is 2. The van der Waals surface area contributed by atoms with E-state index in [2.05, 4.69) is 68.7 Å². The first-order chi connectivity index (χ1) is 23.1. The lowest BCUT2D eigenvalue weighted by Gasteiger charge is -2.42. The SMILES string of the molecule is C=CC(=O)N1CCN(c2nc(OC[C@@H]3CCCN3C(=O)OC(C)(C)C)nc3c2CCN(c2cccc4cccc(Br)c24)C3)C[C@@H]1CC#N. The molecular formula is C36H42BrN7O4. The maximum absolute atomic E-state index is 12.9. The van der Waals surface area contributed by atoms with Gasteiger partial charge in [0, 0.05) is 53.8 Å². The molecule has 2 fully saturated rings. The number of halogens is 1. The van der Waals surface area contributed by atoms with Crippen LogP contribution in [0.3, 0.4) is 0 Å². The van der Waals surface area contributed by atoms with Crippen molar-refractivity contribution in [1.29, 1.82) is 5.26 Å². The van der Waals surface area contributed by atoms with Crippen molar-refractivity contribution in [2.24, 2.45) is 0 Å². The molecular weight excluding hydrogens is 674 g/mol. The van der Waals surface area contributed by atoms with Crippen LogP contribution in [-0.2, 0) is 22.5 Å². The lowest BCUT2D eigenvalue weighted by atomic mass is 10.0. The Kier molecular flexibility index (Phi) is 9.78. The number of aromatic nitrogens is 2. The molecule has 0 saturated carbocycles. The Morgan fingerprint density at radius 1 is 1.06 bits per heavy atom. The topological polar surface area (TPSA) is 115 Å². The lowest BCUT2D eigenvalue weighted by molar-refractivity contribution is -0.128. The first kappa shape index (κ1) is 33.5. The Balaban J connectivity index is 1.31. The molecule has 2 atom stereocenters. The van der Waals surface area contributed by atoms with E-state index >= 15 is 0 Å². The molecule has 0 N–H and O–H groups in total. The second-order valence-corrected chi connectivity index (χ2v) is 14.4. The molecule has 0 spiro atoms. The Bertz CT molecular complexity index is 1750. The number of hydrogen-bond donors (Lipinski definition) is 0. The van der Waals surface area contributed by atoms with Crippen LogP contribution >= 0.6 is 15.9 Å². The van der Waals surface area contributed by atoms with E-state index in [1.807, 2.05) is 26.8 Å². The number of ether oxygens (including phenoxy) is 2. The van der Waals surface area contributed by atoms with Gasteiger partial charge in [-0.15, -0.1) is 0 Å². The fourth-order valence-corrected chi connectivity index (χ4v) is 7.52. The molecule has 6 rings (SSSR count). The van der Waals surface area contributed by atoms with Gasteiger partial charge in [0.1, 0.15) is 18.0 Å². The molecule has 3 aromatic rings. The minimum absolute atomic E-state index is 0.152. The van der Waals surface area contributed by atoms with E-state index in [-0.39, 0.29) is 43.1 Å². The summed E-state index contributed by atoms with van der Waals surface area (Å²) in [7, 11) is 0. The van der Waals surface area contributed by atoms with Gasteiger partial charge < -0.3 is 29.1 Å². The Morgan fingerprint density at radius 3 is 2.60 bits per heavy atom. The lowest BCUT2D eigenvalue weighted by Crippen LogP contribution is -2.55. The fraction of sp³-hybridized carbons (Fsp3) is 0.472. The highest BCUT2D eigenvalue weighted by atomic mass is 79.9. The number of likely N-dealkylation sites (tertiary alicyclic amines) is 1. The molecule has 2 aromatic carbocycles. The zero-order chi connectivity index (χ0) is 34.0. The molecule has 0 aliphatic carbocycles. The molecule has 3 aliphatic heterocycles. The summed E-state index contributed by atoms with van der Waals surface area (Å²) < 4.78 is 13.0. The zero-order valence-corrected chi connectivity index (χ0v) is 29.4. The third-order valence-electron chi connectivity index (χ3n) is 9.17. The standard InChI is InChI=1S/C36H42BrN7O4/c1-5-31(45)43-20-19-42(21-25(43)14-16-38)33-27-15-18-41(30-13-7-10-24-9-6-12-28(37)32(24)30)22-29(27)39-34(40-33)47-23-26-11-8-17-44(26)35(46)48-36(2,3)4/h5-7,9-10,12-13,25-26H,1,8,11,14-15,17-23H2,2-4H3/t25-,26-/m0/s1. The summed E-state index contributed by atoms with van der Waals surface area (Å²) in [6, 6.07) is 14.6. The van der Waals surface area contributed by atoms with E-state index in [0.29, 0.717) is 32.7 Å². The molecule has 0 radical (unpaired) electrons. The van der Waals surface area contributed by atoms with Crippen molar-refractivity contribution in [2.45, 2.75) is 70.7 Å². The van der Waals surface area contributed by atoms with E-state index in [0.717, 1.165) is 63.8 Å². The Labute approximate surface area is 290 Å². The van der Waals surface area contributed by atoms with Crippen LogP contribution in [0.4, 0.5) is 16.3 Å². The summed E-state index contributed by atoms with van der Waals surface area (Å²) in [6.45, 7) is 12.9. The minimum Gasteiger partial charge on any atom is -0.461 e. The predicted molar refractivity (Wildman–Crippen MR) is 188 cm³/mol. The zero-order valence-electron chi connectivity index (χ0n) is 27.8. The predicted octanol–water partition coefficient (Wildman–Crippen LogP) is 5.85. The second-order valence-electron chi connectivity index (χ2n) is 13.5. The maximum atomic E-state index is 12.9. The quantitative estimate of drug-likeness (QED) is 0.278. The molecule has 3 aliphatic rings. The number of hydrogen-bond acceptors (Lipinski definition) is 9. The highest BCUT2D eigenvalue weighted by molar-refractivity contribution is 9.10. The van der Waals surface area contributed by atoms with E-state index in [4.69, 9.17) is 19.4 Å². The van der Waals surface area contributed by atoms with Crippen molar-refractivity contribution >= 4 is 50.2 Å². The van der Waals surface area contributed by atoms with Crippen LogP contribution in [0.25, 0.3) is 10.8 Å². The van der Waals surface area contributed by atoms with Gasteiger partial charge >= 0.3 is 12.1 Å². The summed E-state index contributed by atoms with van der Waals surface area (Å²) in [4.78, 5) is 43.5. The first-order valence-electron chi connectivity index (χ1n) is 16.6. The van der Waals surface area contributed by atoms with Gasteiger partial charge in [-0.1, -0.05) is 46.8 Å². The van der Waals surface area contributed by atoms with Crippen LogP contribution < -0.4 is 14.5 Å². The minimum atomic E-state index is -0.586. The van der Waals surface area contributed by atoms with Gasteiger partial charge in [-0.25, -0.2) is 4.79 Å². The molecule has 2 saturated heterocycles. The number of carbonyl (C=O) groups is 2. The van der Waals surface area contributed by atoms with E-state index < -0.39 is 5.60 Å². The molecule has 0 bridgehead atoms. The second kappa shape index (κ2) is 14.0. The normalized spacial score (nSPS) is 19.6. The van der Waals surface area contributed by atoms with Gasteiger partial charge in [-0.3, -0.25) is 4.79 Å². The summed E-state index contributed by atoms with van der Waals surface area (Å²) in [5, 5.41) is 11.9. The molecule has 12 heteroatoms. The summed E-state index contributed by atoms with van der Waals surface area (Å²) in [5.74, 6) is 0.601. The van der Waals surface area contributed by atoms with Crippen molar-refractivity contribution in [1.82, 2.24) is 19.8 Å². The average molecular weight is 717 g/mol. The third-order valence-corrected chi connectivity index (χ3v) is 9.83. The summed E-state index contributed by atoms with van der Waals surface area (Å²) in [5.41, 5.74) is 2.46. The highest BCUT2D eigenvalue weighted by Crippen LogP contribution is 2.37. The van der Waals surface area contributed by atoms with Crippen molar-refractivity contribution in [3.63, 3.8) is 0 Å². The summed E-state index contributed by atoms with van der Waals surface area (Å²) in [6.07, 6.45) is 3.56. The number of nitrogens with zero attached hydrogens (tertiary/aromatic N) is 7. The molecule has 4 heterocycles. The van der Waals surface area contributed by atoms with Crippen LogP contribution in [0, 0.1) is 11.3 Å². The number of amides is 2. The van der Waals surface area contributed by atoms with E-state index in [1.54, 1.807) is 9.80 Å². The molecule has 1 aromatic heterocycles. The molecule has 252 valence electrons. The number of piperazine rings is 1. The van der Waals surface area contributed by atoms with Gasteiger partial charge in [-0.2, -0.15) is 15.2 Å². The van der Waals surface area contributed by atoms with Crippen LogP contribution in [0.2, 0.25) is 0 Å². The van der Waals surface area contributed by atoms with Gasteiger partial charge in [0.15, 0.2) is 0 Å². The Morgan fingerprint density at radius 2 is 1.85 bits per heavy atom. The fourth-order valence-electron chi connectivity index (χ4n) is 6.94.